The van der Waals surface area contributed by atoms with Crippen LogP contribution in [0, 0.1) is 13.8 Å². The second-order valence-corrected chi connectivity index (χ2v) is 7.49. The van der Waals surface area contributed by atoms with Crippen molar-refractivity contribution in [3.63, 3.8) is 0 Å². The maximum Gasteiger partial charge on any atom is 0.240 e. The van der Waals surface area contributed by atoms with E-state index in [0.717, 1.165) is 30.2 Å². The van der Waals surface area contributed by atoms with E-state index in [1.54, 1.807) is 18.2 Å². The number of para-hydroxylation sites is 1. The van der Waals surface area contributed by atoms with E-state index in [2.05, 4.69) is 15.1 Å². The quantitative estimate of drug-likeness (QED) is 0.893. The van der Waals surface area contributed by atoms with Crippen molar-refractivity contribution in [2.45, 2.75) is 18.7 Å². The van der Waals surface area contributed by atoms with Crippen LogP contribution in [0.25, 0.3) is 0 Å². The Balaban J connectivity index is 1.77. The average molecular weight is 347 g/mol. The van der Waals surface area contributed by atoms with Crippen molar-refractivity contribution in [2.24, 2.45) is 5.14 Å². The summed E-state index contributed by atoms with van der Waals surface area (Å²) in [6, 6.07) is 8.89. The Morgan fingerprint density at radius 3 is 2.25 bits per heavy atom. The molecule has 2 heterocycles. The molecule has 128 valence electrons. The molecule has 0 aliphatic carbocycles. The summed E-state index contributed by atoms with van der Waals surface area (Å²) in [5.74, 6) is 0.859. The first kappa shape index (κ1) is 16.7. The van der Waals surface area contributed by atoms with Gasteiger partial charge in [0.1, 0.15) is 4.90 Å². The first-order chi connectivity index (χ1) is 11.4. The Kier molecular flexibility index (Phi) is 4.42. The molecule has 0 saturated carbocycles. The summed E-state index contributed by atoms with van der Waals surface area (Å²) in [6.45, 7) is 6.84. The Bertz CT molecular complexity index is 845. The predicted molar refractivity (Wildman–Crippen MR) is 93.7 cm³/mol. The van der Waals surface area contributed by atoms with E-state index in [9.17, 15) is 8.42 Å². The van der Waals surface area contributed by atoms with E-state index in [0.29, 0.717) is 18.8 Å². The molecule has 1 aromatic heterocycles. The molecule has 3 rings (SSSR count). The van der Waals surface area contributed by atoms with Gasteiger partial charge in [-0.3, -0.25) is 0 Å². The van der Waals surface area contributed by atoms with Crippen LogP contribution in [0.1, 0.15) is 11.3 Å². The number of benzene rings is 1. The molecule has 1 aliphatic heterocycles. The number of aromatic nitrogens is 2. The lowest BCUT2D eigenvalue weighted by atomic mass is 10.2. The van der Waals surface area contributed by atoms with Crippen molar-refractivity contribution in [3.8, 4) is 0 Å². The molecule has 0 unspecified atom stereocenters. The molecule has 0 spiro atoms. The molecule has 0 amide bonds. The highest BCUT2D eigenvalue weighted by atomic mass is 32.2. The van der Waals surface area contributed by atoms with E-state index >= 15 is 0 Å². The summed E-state index contributed by atoms with van der Waals surface area (Å²) in [5, 5.41) is 13.8. The zero-order chi connectivity index (χ0) is 17.3. The largest absolute Gasteiger partial charge is 0.367 e. The first-order valence-corrected chi connectivity index (χ1v) is 9.33. The van der Waals surface area contributed by atoms with E-state index < -0.39 is 10.0 Å². The molecule has 7 nitrogen and oxygen atoms in total. The molecule has 24 heavy (non-hydrogen) atoms. The number of nitrogens with zero attached hydrogens (tertiary/aromatic N) is 4. The van der Waals surface area contributed by atoms with Gasteiger partial charge in [0, 0.05) is 26.2 Å². The van der Waals surface area contributed by atoms with Crippen LogP contribution >= 0.6 is 0 Å². The van der Waals surface area contributed by atoms with Crippen LogP contribution in [0.5, 0.6) is 0 Å². The van der Waals surface area contributed by atoms with Crippen LogP contribution in [0.2, 0.25) is 0 Å². The van der Waals surface area contributed by atoms with Crippen LogP contribution in [0.15, 0.2) is 35.2 Å². The van der Waals surface area contributed by atoms with E-state index in [1.165, 1.54) is 0 Å². The number of sulfonamides is 1. The summed E-state index contributed by atoms with van der Waals surface area (Å²) in [4.78, 5) is 4.38. The topological polar surface area (TPSA) is 92.4 Å². The Morgan fingerprint density at radius 2 is 1.62 bits per heavy atom. The maximum atomic E-state index is 11.8. The van der Waals surface area contributed by atoms with Crippen LogP contribution in [0.3, 0.4) is 0 Å². The number of piperazine rings is 1. The number of anilines is 2. The average Bonchev–Trinajstić information content (AvgIpc) is 2.57. The molecule has 1 saturated heterocycles. The van der Waals surface area contributed by atoms with E-state index in [-0.39, 0.29) is 4.90 Å². The molecule has 1 aromatic carbocycles. The molecule has 0 atom stereocenters. The van der Waals surface area contributed by atoms with Crippen LogP contribution < -0.4 is 14.9 Å². The molecule has 0 radical (unpaired) electrons. The van der Waals surface area contributed by atoms with Gasteiger partial charge in [0.2, 0.25) is 10.0 Å². The van der Waals surface area contributed by atoms with Crippen molar-refractivity contribution in [3.05, 3.63) is 41.6 Å². The highest BCUT2D eigenvalue weighted by Gasteiger charge is 2.23. The Hall–Kier alpha value is -2.19. The zero-order valence-corrected chi connectivity index (χ0v) is 14.6. The third-order valence-electron chi connectivity index (χ3n) is 4.33. The minimum atomic E-state index is -3.74. The Morgan fingerprint density at radius 1 is 1.00 bits per heavy atom. The standard InChI is InChI=1S/C16H21N5O2S/c1-12-11-16(19-18-13(12)2)21-9-7-20(8-10-21)14-5-3-4-6-15(14)24(17,22)23/h3-6,11H,7-10H2,1-2H3,(H2,17,22,23). The fourth-order valence-corrected chi connectivity index (χ4v) is 3.58. The van der Waals surface area contributed by atoms with Crippen molar-refractivity contribution >= 4 is 21.5 Å². The lowest BCUT2D eigenvalue weighted by Crippen LogP contribution is -2.47. The second-order valence-electron chi connectivity index (χ2n) is 5.96. The van der Waals surface area contributed by atoms with Gasteiger partial charge in [0.15, 0.2) is 5.82 Å². The van der Waals surface area contributed by atoms with Gasteiger partial charge in [0.25, 0.3) is 0 Å². The smallest absolute Gasteiger partial charge is 0.240 e. The van der Waals surface area contributed by atoms with E-state index in [1.807, 2.05) is 30.9 Å². The minimum absolute atomic E-state index is 0.171. The number of aryl methyl sites for hydroxylation is 2. The Labute approximate surface area is 142 Å². The van der Waals surface area contributed by atoms with E-state index in [4.69, 9.17) is 5.14 Å². The number of hydrogen-bond donors (Lipinski definition) is 1. The first-order valence-electron chi connectivity index (χ1n) is 7.79. The van der Waals surface area contributed by atoms with Crippen molar-refractivity contribution in [2.75, 3.05) is 36.0 Å². The van der Waals surface area contributed by atoms with Crippen molar-refractivity contribution in [1.29, 1.82) is 0 Å². The molecular formula is C16H21N5O2S. The third-order valence-corrected chi connectivity index (χ3v) is 5.29. The van der Waals surface area contributed by atoms with Gasteiger partial charge in [0.05, 0.1) is 11.4 Å². The molecule has 1 fully saturated rings. The van der Waals surface area contributed by atoms with Gasteiger partial charge in [-0.25, -0.2) is 13.6 Å². The summed E-state index contributed by atoms with van der Waals surface area (Å²) >= 11 is 0. The predicted octanol–water partition coefficient (Wildman–Crippen LogP) is 1.07. The van der Waals surface area contributed by atoms with Gasteiger partial charge in [-0.2, -0.15) is 5.10 Å². The molecular weight excluding hydrogens is 326 g/mol. The van der Waals surface area contributed by atoms with Gasteiger partial charge in [-0.1, -0.05) is 12.1 Å². The minimum Gasteiger partial charge on any atom is -0.367 e. The van der Waals surface area contributed by atoms with Gasteiger partial charge >= 0.3 is 0 Å². The molecule has 1 aliphatic rings. The van der Waals surface area contributed by atoms with Gasteiger partial charge in [-0.15, -0.1) is 5.10 Å². The molecule has 0 bridgehead atoms. The summed E-state index contributed by atoms with van der Waals surface area (Å²) < 4.78 is 23.5. The van der Waals surface area contributed by atoms with Crippen molar-refractivity contribution in [1.82, 2.24) is 10.2 Å². The second kappa shape index (κ2) is 6.37. The number of primary sulfonamides is 1. The highest BCUT2D eigenvalue weighted by molar-refractivity contribution is 7.89. The third kappa shape index (κ3) is 3.34. The number of hydrogen-bond acceptors (Lipinski definition) is 6. The lowest BCUT2D eigenvalue weighted by molar-refractivity contribution is 0.595. The van der Waals surface area contributed by atoms with Crippen LogP contribution in [-0.2, 0) is 10.0 Å². The maximum absolute atomic E-state index is 11.8. The van der Waals surface area contributed by atoms with Gasteiger partial charge in [-0.05, 0) is 37.6 Å². The van der Waals surface area contributed by atoms with Gasteiger partial charge < -0.3 is 9.80 Å². The molecule has 2 N–H and O–H groups in total. The number of nitrogens with two attached hydrogens (primary N) is 1. The summed E-state index contributed by atoms with van der Waals surface area (Å²) in [6.07, 6.45) is 0. The summed E-state index contributed by atoms with van der Waals surface area (Å²) in [7, 11) is -3.74. The molecule has 8 heteroatoms. The fourth-order valence-electron chi connectivity index (χ4n) is 2.82. The normalized spacial score (nSPS) is 15.6. The lowest BCUT2D eigenvalue weighted by Gasteiger charge is -2.37. The SMILES string of the molecule is Cc1cc(N2CCN(c3ccccc3S(N)(=O)=O)CC2)nnc1C. The number of rotatable bonds is 3. The summed E-state index contributed by atoms with van der Waals surface area (Å²) in [5.41, 5.74) is 2.70. The van der Waals surface area contributed by atoms with Crippen LogP contribution in [0.4, 0.5) is 11.5 Å². The fraction of sp³-hybridized carbons (Fsp3) is 0.375. The van der Waals surface area contributed by atoms with Crippen LogP contribution in [-0.4, -0.2) is 44.8 Å². The van der Waals surface area contributed by atoms with Crippen molar-refractivity contribution < 1.29 is 8.42 Å². The highest BCUT2D eigenvalue weighted by Crippen LogP contribution is 2.26. The zero-order valence-electron chi connectivity index (χ0n) is 13.8. The monoisotopic (exact) mass is 347 g/mol. The molecule has 2 aromatic rings.